The first-order valence-electron chi connectivity index (χ1n) is 10.3. The summed E-state index contributed by atoms with van der Waals surface area (Å²) in [4.78, 5) is 27.5. The van der Waals surface area contributed by atoms with E-state index in [1.807, 2.05) is 45.0 Å². The van der Waals surface area contributed by atoms with Crippen molar-refractivity contribution in [2.45, 2.75) is 46.0 Å². The molecule has 0 aliphatic carbocycles. The van der Waals surface area contributed by atoms with Gasteiger partial charge in [-0.05, 0) is 48.6 Å². The largest absolute Gasteiger partial charge is 0.354 e. The van der Waals surface area contributed by atoms with Gasteiger partial charge in [0.15, 0.2) is 0 Å². The number of hydrogen-bond acceptors (Lipinski definition) is 3. The molecule has 1 atom stereocenters. The fourth-order valence-electron chi connectivity index (χ4n) is 3.00. The second-order valence-electron chi connectivity index (χ2n) is 7.96. The summed E-state index contributed by atoms with van der Waals surface area (Å²) in [6.07, 6.45) is 0. The van der Waals surface area contributed by atoms with Crippen LogP contribution in [0.1, 0.15) is 37.5 Å². The number of carbonyl (C=O) groups excluding carboxylic acids is 2. The van der Waals surface area contributed by atoms with Crippen molar-refractivity contribution >= 4 is 46.8 Å². The Labute approximate surface area is 199 Å². The summed E-state index contributed by atoms with van der Waals surface area (Å²) in [5.74, 6) is 0.858. The Balaban J connectivity index is 2.11. The molecule has 0 aliphatic heterocycles. The highest BCUT2D eigenvalue weighted by Crippen LogP contribution is 2.28. The molecule has 168 valence electrons. The van der Waals surface area contributed by atoms with Crippen LogP contribution in [0.5, 0.6) is 0 Å². The lowest BCUT2D eigenvalue weighted by atomic mass is 10.1. The molecule has 0 spiro atoms. The molecule has 0 aromatic heterocycles. The van der Waals surface area contributed by atoms with Crippen molar-refractivity contribution in [1.82, 2.24) is 10.2 Å². The molecule has 2 aromatic carbocycles. The van der Waals surface area contributed by atoms with Crippen LogP contribution in [0.2, 0.25) is 10.0 Å². The highest BCUT2D eigenvalue weighted by Gasteiger charge is 2.26. The highest BCUT2D eigenvalue weighted by molar-refractivity contribution is 7.99. The van der Waals surface area contributed by atoms with Gasteiger partial charge >= 0.3 is 0 Å². The summed E-state index contributed by atoms with van der Waals surface area (Å²) in [5.41, 5.74) is 2.93. The van der Waals surface area contributed by atoms with E-state index in [2.05, 4.69) is 5.32 Å². The third-order valence-corrected chi connectivity index (χ3v) is 6.64. The lowest BCUT2D eigenvalue weighted by Crippen LogP contribution is -2.48. The molecule has 31 heavy (non-hydrogen) atoms. The molecule has 0 bridgehead atoms. The Morgan fingerprint density at radius 1 is 1.03 bits per heavy atom. The lowest BCUT2D eigenvalue weighted by Gasteiger charge is -2.29. The third-order valence-electron chi connectivity index (χ3n) is 4.99. The van der Waals surface area contributed by atoms with Crippen LogP contribution in [0.4, 0.5) is 0 Å². The first kappa shape index (κ1) is 25.6. The molecular formula is C24H30Cl2N2O2S. The fraction of sp³-hybridized carbons (Fsp3) is 0.417. The van der Waals surface area contributed by atoms with E-state index in [0.29, 0.717) is 34.8 Å². The summed E-state index contributed by atoms with van der Waals surface area (Å²) < 4.78 is 0. The molecule has 1 N–H and O–H groups in total. The minimum absolute atomic E-state index is 0.0939. The highest BCUT2D eigenvalue weighted by atomic mass is 35.5. The molecule has 0 unspecified atom stereocenters. The van der Waals surface area contributed by atoms with Gasteiger partial charge in [0, 0.05) is 28.9 Å². The van der Waals surface area contributed by atoms with Gasteiger partial charge in [-0.25, -0.2) is 0 Å². The Bertz CT molecular complexity index is 885. The Morgan fingerprint density at radius 2 is 1.68 bits per heavy atom. The average Bonchev–Trinajstić information content (AvgIpc) is 2.72. The van der Waals surface area contributed by atoms with E-state index in [9.17, 15) is 9.59 Å². The molecular weight excluding hydrogens is 451 g/mol. The first-order valence-corrected chi connectivity index (χ1v) is 12.2. The van der Waals surface area contributed by atoms with Gasteiger partial charge in [-0.3, -0.25) is 9.59 Å². The van der Waals surface area contributed by atoms with Crippen molar-refractivity contribution in [3.63, 3.8) is 0 Å². The Kier molecular flexibility index (Phi) is 10.2. The number of amides is 2. The van der Waals surface area contributed by atoms with Crippen molar-refractivity contribution in [2.24, 2.45) is 5.92 Å². The minimum Gasteiger partial charge on any atom is -0.354 e. The van der Waals surface area contributed by atoms with Crippen LogP contribution in [-0.2, 0) is 21.9 Å². The van der Waals surface area contributed by atoms with Crippen molar-refractivity contribution in [1.29, 1.82) is 0 Å². The first-order chi connectivity index (χ1) is 14.7. The number of aryl methyl sites for hydroxylation is 1. The number of nitrogens with zero attached hydrogens (tertiary/aromatic N) is 1. The van der Waals surface area contributed by atoms with E-state index in [1.54, 1.807) is 30.0 Å². The summed E-state index contributed by atoms with van der Waals surface area (Å²) in [5, 5.41) is 4.12. The van der Waals surface area contributed by atoms with Gasteiger partial charge in [-0.2, -0.15) is 0 Å². The maximum Gasteiger partial charge on any atom is 0.242 e. The summed E-state index contributed by atoms with van der Waals surface area (Å²) in [7, 11) is 0. The number of benzene rings is 2. The van der Waals surface area contributed by atoms with Gasteiger partial charge in [0.25, 0.3) is 0 Å². The summed E-state index contributed by atoms with van der Waals surface area (Å²) in [6, 6.07) is 12.7. The molecule has 0 saturated heterocycles. The van der Waals surface area contributed by atoms with Gasteiger partial charge in [-0.15, -0.1) is 11.8 Å². The van der Waals surface area contributed by atoms with Crippen LogP contribution in [0, 0.1) is 12.8 Å². The summed E-state index contributed by atoms with van der Waals surface area (Å²) >= 11 is 13.9. The van der Waals surface area contributed by atoms with Gasteiger partial charge < -0.3 is 10.2 Å². The lowest BCUT2D eigenvalue weighted by molar-refractivity contribution is -0.138. The number of thioether (sulfide) groups is 1. The SMILES string of the molecule is Cc1ccccc1CN(C(=O)CSCc1c(Cl)cccc1Cl)[C@@H](C)C(=O)NCC(C)C. The number of halogens is 2. The van der Waals surface area contributed by atoms with Gasteiger partial charge in [0.05, 0.1) is 5.75 Å². The van der Waals surface area contributed by atoms with Crippen LogP contribution in [0.15, 0.2) is 42.5 Å². The van der Waals surface area contributed by atoms with E-state index in [1.165, 1.54) is 11.8 Å². The predicted molar refractivity (Wildman–Crippen MR) is 132 cm³/mol. The maximum absolute atomic E-state index is 13.2. The second-order valence-corrected chi connectivity index (χ2v) is 9.76. The molecule has 0 saturated carbocycles. The van der Waals surface area contributed by atoms with Crippen molar-refractivity contribution in [3.8, 4) is 0 Å². The second kappa shape index (κ2) is 12.4. The molecule has 0 radical (unpaired) electrons. The van der Waals surface area contributed by atoms with E-state index in [0.717, 1.165) is 16.7 Å². The van der Waals surface area contributed by atoms with Gasteiger partial charge in [-0.1, -0.05) is 67.4 Å². The zero-order valence-corrected chi connectivity index (χ0v) is 20.8. The number of hydrogen-bond donors (Lipinski definition) is 1. The van der Waals surface area contributed by atoms with Crippen molar-refractivity contribution < 1.29 is 9.59 Å². The molecule has 2 rings (SSSR count). The number of carbonyl (C=O) groups is 2. The maximum atomic E-state index is 13.2. The zero-order valence-electron chi connectivity index (χ0n) is 18.5. The number of nitrogens with one attached hydrogen (secondary N) is 1. The monoisotopic (exact) mass is 480 g/mol. The molecule has 0 fully saturated rings. The van der Waals surface area contributed by atoms with Crippen LogP contribution in [0.25, 0.3) is 0 Å². The average molecular weight is 481 g/mol. The molecule has 7 heteroatoms. The van der Waals surface area contributed by atoms with E-state index >= 15 is 0 Å². The van der Waals surface area contributed by atoms with Crippen LogP contribution in [0.3, 0.4) is 0 Å². The van der Waals surface area contributed by atoms with Crippen LogP contribution < -0.4 is 5.32 Å². The molecule has 2 aromatic rings. The Hall–Kier alpha value is -1.69. The summed E-state index contributed by atoms with van der Waals surface area (Å²) in [6.45, 7) is 8.83. The Morgan fingerprint density at radius 3 is 2.29 bits per heavy atom. The van der Waals surface area contributed by atoms with E-state index < -0.39 is 6.04 Å². The number of rotatable bonds is 10. The van der Waals surface area contributed by atoms with Crippen LogP contribution >= 0.6 is 35.0 Å². The van der Waals surface area contributed by atoms with E-state index in [4.69, 9.17) is 23.2 Å². The zero-order chi connectivity index (χ0) is 23.0. The molecule has 2 amide bonds. The van der Waals surface area contributed by atoms with Crippen LogP contribution in [-0.4, -0.2) is 35.1 Å². The van der Waals surface area contributed by atoms with Gasteiger partial charge in [0.2, 0.25) is 11.8 Å². The normalized spacial score (nSPS) is 12.0. The fourth-order valence-corrected chi connectivity index (χ4v) is 4.65. The quantitative estimate of drug-likeness (QED) is 0.472. The van der Waals surface area contributed by atoms with Crippen molar-refractivity contribution in [2.75, 3.05) is 12.3 Å². The third kappa shape index (κ3) is 7.74. The standard InChI is InChI=1S/C24H30Cl2N2O2S/c1-16(2)12-27-24(30)18(4)28(13-19-9-6-5-8-17(19)3)23(29)15-31-14-20-21(25)10-7-11-22(20)26/h5-11,16,18H,12-15H2,1-4H3,(H,27,30)/t18-/m0/s1. The minimum atomic E-state index is -0.574. The van der Waals surface area contributed by atoms with Gasteiger partial charge in [0.1, 0.15) is 6.04 Å². The molecule has 4 nitrogen and oxygen atoms in total. The van der Waals surface area contributed by atoms with E-state index in [-0.39, 0.29) is 17.6 Å². The smallest absolute Gasteiger partial charge is 0.242 e. The topological polar surface area (TPSA) is 49.4 Å². The predicted octanol–water partition coefficient (Wildman–Crippen LogP) is 5.72. The molecule has 0 heterocycles. The van der Waals surface area contributed by atoms with Crippen molar-refractivity contribution in [3.05, 3.63) is 69.2 Å². The molecule has 0 aliphatic rings.